The summed E-state index contributed by atoms with van der Waals surface area (Å²) in [5, 5.41) is 0. The van der Waals surface area contributed by atoms with Gasteiger partial charge in [-0.15, -0.1) is 0 Å². The number of hydrogen-bond acceptors (Lipinski definition) is 1. The van der Waals surface area contributed by atoms with Crippen LogP contribution in [0, 0.1) is 29.6 Å². The summed E-state index contributed by atoms with van der Waals surface area (Å²) in [6.07, 6.45) is 2.90. The van der Waals surface area contributed by atoms with E-state index in [9.17, 15) is 0 Å². The summed E-state index contributed by atoms with van der Waals surface area (Å²) in [4.78, 5) is 0. The standard InChI is InChI=1S/C14H26O/c1-9-10(2)13-7-11(9)6-12(13)8-15-14(3,4)5/h9-13H,6-8H2,1-5H3. The molecular formula is C14H26O. The number of rotatable bonds is 2. The molecule has 5 atom stereocenters. The van der Waals surface area contributed by atoms with Crippen molar-refractivity contribution >= 4 is 0 Å². The van der Waals surface area contributed by atoms with Crippen molar-refractivity contribution in [3.63, 3.8) is 0 Å². The molecule has 88 valence electrons. The molecular weight excluding hydrogens is 184 g/mol. The first-order valence-electron chi connectivity index (χ1n) is 6.52. The third-order valence-electron chi connectivity index (χ3n) is 4.76. The molecule has 0 saturated heterocycles. The van der Waals surface area contributed by atoms with E-state index < -0.39 is 0 Å². The first-order valence-corrected chi connectivity index (χ1v) is 6.52. The average Bonchev–Trinajstić information content (AvgIpc) is 2.63. The van der Waals surface area contributed by atoms with E-state index in [0.717, 1.165) is 36.2 Å². The lowest BCUT2D eigenvalue weighted by molar-refractivity contribution is -0.0384. The van der Waals surface area contributed by atoms with Crippen LogP contribution in [0.5, 0.6) is 0 Å². The van der Waals surface area contributed by atoms with Crippen molar-refractivity contribution in [1.82, 2.24) is 0 Å². The van der Waals surface area contributed by atoms with Gasteiger partial charge in [0.2, 0.25) is 0 Å². The molecule has 2 bridgehead atoms. The van der Waals surface area contributed by atoms with Gasteiger partial charge >= 0.3 is 0 Å². The molecule has 5 unspecified atom stereocenters. The fourth-order valence-corrected chi connectivity index (χ4v) is 3.64. The predicted octanol–water partition coefficient (Wildman–Crippen LogP) is 3.73. The molecule has 2 aliphatic carbocycles. The summed E-state index contributed by atoms with van der Waals surface area (Å²) in [6.45, 7) is 12.3. The Bertz CT molecular complexity index is 226. The maximum Gasteiger partial charge on any atom is 0.0598 e. The molecule has 15 heavy (non-hydrogen) atoms. The van der Waals surface area contributed by atoms with Gasteiger partial charge in [-0.05, 0) is 63.2 Å². The van der Waals surface area contributed by atoms with Crippen LogP contribution in [0.15, 0.2) is 0 Å². The first-order chi connectivity index (χ1) is 6.88. The smallest absolute Gasteiger partial charge is 0.0598 e. The van der Waals surface area contributed by atoms with Crippen LogP contribution in [0.1, 0.15) is 47.5 Å². The normalized spacial score (nSPS) is 45.0. The summed E-state index contributed by atoms with van der Waals surface area (Å²) in [5.74, 6) is 4.68. The SMILES string of the molecule is CC1C2CC(COC(C)(C)C)C(C2)C1C. The first kappa shape index (κ1) is 11.4. The van der Waals surface area contributed by atoms with Gasteiger partial charge in [0.05, 0.1) is 12.2 Å². The molecule has 0 aromatic rings. The van der Waals surface area contributed by atoms with E-state index in [2.05, 4.69) is 34.6 Å². The van der Waals surface area contributed by atoms with E-state index in [1.54, 1.807) is 0 Å². The summed E-state index contributed by atoms with van der Waals surface area (Å²) in [5.41, 5.74) is 0.0384. The Kier molecular flexibility index (Phi) is 2.87. The highest BCUT2D eigenvalue weighted by Gasteiger charge is 2.48. The molecule has 0 radical (unpaired) electrons. The Hall–Kier alpha value is -0.0400. The second kappa shape index (κ2) is 3.76. The lowest BCUT2D eigenvalue weighted by Crippen LogP contribution is -2.30. The number of hydrogen-bond donors (Lipinski definition) is 0. The summed E-state index contributed by atoms with van der Waals surface area (Å²) < 4.78 is 5.95. The Morgan fingerprint density at radius 3 is 2.20 bits per heavy atom. The van der Waals surface area contributed by atoms with Crippen LogP contribution in [0.25, 0.3) is 0 Å². The minimum atomic E-state index is 0.0384. The lowest BCUT2D eigenvalue weighted by Gasteiger charge is -2.33. The molecule has 0 aliphatic heterocycles. The van der Waals surface area contributed by atoms with Crippen molar-refractivity contribution in [2.45, 2.75) is 53.1 Å². The van der Waals surface area contributed by atoms with Gasteiger partial charge in [0.15, 0.2) is 0 Å². The molecule has 2 saturated carbocycles. The van der Waals surface area contributed by atoms with E-state index in [4.69, 9.17) is 4.74 Å². The van der Waals surface area contributed by atoms with Gasteiger partial charge in [0.25, 0.3) is 0 Å². The molecule has 0 aromatic carbocycles. The number of ether oxygens (including phenoxy) is 1. The van der Waals surface area contributed by atoms with E-state index in [1.807, 2.05) is 0 Å². The zero-order valence-corrected chi connectivity index (χ0v) is 10.9. The van der Waals surface area contributed by atoms with Gasteiger partial charge in [-0.2, -0.15) is 0 Å². The van der Waals surface area contributed by atoms with Crippen LogP contribution in [-0.2, 0) is 4.74 Å². The van der Waals surface area contributed by atoms with Crippen molar-refractivity contribution in [2.24, 2.45) is 29.6 Å². The molecule has 0 amide bonds. The maximum atomic E-state index is 5.95. The van der Waals surface area contributed by atoms with Crippen LogP contribution < -0.4 is 0 Å². The van der Waals surface area contributed by atoms with E-state index in [1.165, 1.54) is 12.8 Å². The van der Waals surface area contributed by atoms with Crippen LogP contribution in [0.4, 0.5) is 0 Å². The minimum Gasteiger partial charge on any atom is -0.376 e. The summed E-state index contributed by atoms with van der Waals surface area (Å²) >= 11 is 0. The fraction of sp³-hybridized carbons (Fsp3) is 1.00. The topological polar surface area (TPSA) is 9.23 Å². The molecule has 2 fully saturated rings. The van der Waals surface area contributed by atoms with Crippen LogP contribution in [-0.4, -0.2) is 12.2 Å². The Labute approximate surface area is 94.6 Å². The lowest BCUT2D eigenvalue weighted by atomic mass is 9.76. The third-order valence-corrected chi connectivity index (χ3v) is 4.76. The van der Waals surface area contributed by atoms with Crippen LogP contribution in [0.2, 0.25) is 0 Å². The second-order valence-electron chi connectivity index (χ2n) is 6.80. The number of fused-ring (bicyclic) bond motifs is 2. The highest BCUT2D eigenvalue weighted by Crippen LogP contribution is 2.55. The molecule has 0 heterocycles. The molecule has 2 rings (SSSR count). The van der Waals surface area contributed by atoms with Gasteiger partial charge in [0.1, 0.15) is 0 Å². The minimum absolute atomic E-state index is 0.0384. The zero-order chi connectivity index (χ0) is 11.2. The van der Waals surface area contributed by atoms with Gasteiger partial charge in [-0.3, -0.25) is 0 Å². The molecule has 1 nitrogen and oxygen atoms in total. The summed E-state index contributed by atoms with van der Waals surface area (Å²) in [7, 11) is 0. The Balaban J connectivity index is 1.87. The maximum absolute atomic E-state index is 5.95. The fourth-order valence-electron chi connectivity index (χ4n) is 3.64. The Morgan fingerprint density at radius 2 is 1.73 bits per heavy atom. The zero-order valence-electron chi connectivity index (χ0n) is 10.9. The van der Waals surface area contributed by atoms with Gasteiger partial charge in [-0.1, -0.05) is 13.8 Å². The molecule has 0 aromatic heterocycles. The quantitative estimate of drug-likeness (QED) is 0.675. The van der Waals surface area contributed by atoms with Crippen molar-refractivity contribution in [3.05, 3.63) is 0 Å². The van der Waals surface area contributed by atoms with Crippen molar-refractivity contribution < 1.29 is 4.74 Å². The van der Waals surface area contributed by atoms with Gasteiger partial charge < -0.3 is 4.74 Å². The molecule has 1 heteroatoms. The second-order valence-corrected chi connectivity index (χ2v) is 6.80. The van der Waals surface area contributed by atoms with Crippen molar-refractivity contribution in [3.8, 4) is 0 Å². The highest BCUT2D eigenvalue weighted by molar-refractivity contribution is 4.97. The Morgan fingerprint density at radius 1 is 1.07 bits per heavy atom. The third kappa shape index (κ3) is 2.22. The van der Waals surface area contributed by atoms with Crippen molar-refractivity contribution in [1.29, 1.82) is 0 Å². The average molecular weight is 210 g/mol. The van der Waals surface area contributed by atoms with E-state index >= 15 is 0 Å². The summed E-state index contributed by atoms with van der Waals surface area (Å²) in [6, 6.07) is 0. The van der Waals surface area contributed by atoms with Crippen molar-refractivity contribution in [2.75, 3.05) is 6.61 Å². The van der Waals surface area contributed by atoms with Gasteiger partial charge in [-0.25, -0.2) is 0 Å². The van der Waals surface area contributed by atoms with Crippen LogP contribution >= 0.6 is 0 Å². The largest absolute Gasteiger partial charge is 0.376 e. The van der Waals surface area contributed by atoms with Crippen LogP contribution in [0.3, 0.4) is 0 Å². The monoisotopic (exact) mass is 210 g/mol. The molecule has 0 spiro atoms. The molecule has 0 N–H and O–H groups in total. The predicted molar refractivity (Wildman–Crippen MR) is 63.7 cm³/mol. The van der Waals surface area contributed by atoms with Gasteiger partial charge in [0, 0.05) is 0 Å². The van der Waals surface area contributed by atoms with E-state index in [0.29, 0.717) is 0 Å². The highest BCUT2D eigenvalue weighted by atomic mass is 16.5. The van der Waals surface area contributed by atoms with E-state index in [-0.39, 0.29) is 5.60 Å². The molecule has 2 aliphatic rings.